The predicted octanol–water partition coefficient (Wildman–Crippen LogP) is 6.19. The van der Waals surface area contributed by atoms with Gasteiger partial charge in [0.15, 0.2) is 0 Å². The number of ether oxygens (including phenoxy) is 3. The van der Waals surface area contributed by atoms with Gasteiger partial charge in [0.2, 0.25) is 0 Å². The first-order valence-electron chi connectivity index (χ1n) is 10.4. The lowest BCUT2D eigenvalue weighted by molar-refractivity contribution is -0.130. The standard InChI is InChI=1S/C27H22O4/c28-27(19-8-2-1-3-9-19)31-23-13-7-12-22(17-23)30-21-11-6-10-20(16-21)25-18-29-26-15-5-4-14-24(25)26/h1-2,4-8,10-17,25H,3,9,18H2. The number of benzene rings is 3. The molecular formula is C27H22O4. The summed E-state index contributed by atoms with van der Waals surface area (Å²) in [7, 11) is 0. The molecule has 0 fully saturated rings. The van der Waals surface area contributed by atoms with Crippen molar-refractivity contribution in [3.63, 3.8) is 0 Å². The minimum atomic E-state index is -0.316. The minimum Gasteiger partial charge on any atom is -0.492 e. The van der Waals surface area contributed by atoms with E-state index in [0.717, 1.165) is 23.5 Å². The van der Waals surface area contributed by atoms with Crippen LogP contribution in [0, 0.1) is 0 Å². The van der Waals surface area contributed by atoms with Crippen LogP contribution in [0.15, 0.2) is 96.6 Å². The summed E-state index contributed by atoms with van der Waals surface area (Å²) in [5, 5.41) is 0. The molecule has 5 rings (SSSR count). The second-order valence-corrected chi connectivity index (χ2v) is 7.60. The smallest absolute Gasteiger partial charge is 0.339 e. The van der Waals surface area contributed by atoms with E-state index in [4.69, 9.17) is 14.2 Å². The molecule has 0 aromatic heterocycles. The van der Waals surface area contributed by atoms with Gasteiger partial charge in [0.1, 0.15) is 23.0 Å². The molecule has 0 saturated carbocycles. The first-order valence-corrected chi connectivity index (χ1v) is 10.4. The van der Waals surface area contributed by atoms with Gasteiger partial charge in [-0.1, -0.05) is 54.6 Å². The fourth-order valence-electron chi connectivity index (χ4n) is 3.92. The molecule has 0 saturated heterocycles. The maximum Gasteiger partial charge on any atom is 0.339 e. The number of rotatable bonds is 5. The van der Waals surface area contributed by atoms with Gasteiger partial charge in [-0.2, -0.15) is 0 Å². The Balaban J connectivity index is 1.31. The Bertz CT molecular complexity index is 1180. The Hall–Kier alpha value is -3.79. The molecule has 3 aromatic rings. The second-order valence-electron chi connectivity index (χ2n) is 7.60. The Morgan fingerprint density at radius 1 is 0.903 bits per heavy atom. The number of fused-ring (bicyclic) bond motifs is 1. The Morgan fingerprint density at radius 2 is 1.71 bits per heavy atom. The maximum atomic E-state index is 12.4. The summed E-state index contributed by atoms with van der Waals surface area (Å²) in [6.07, 6.45) is 7.29. The van der Waals surface area contributed by atoms with Crippen LogP contribution in [-0.4, -0.2) is 12.6 Å². The van der Waals surface area contributed by atoms with Crippen LogP contribution in [0.5, 0.6) is 23.0 Å². The van der Waals surface area contributed by atoms with E-state index in [1.807, 2.05) is 66.8 Å². The van der Waals surface area contributed by atoms with Crippen LogP contribution in [0.25, 0.3) is 0 Å². The molecule has 1 aliphatic heterocycles. The first-order chi connectivity index (χ1) is 15.3. The molecule has 3 aromatic carbocycles. The van der Waals surface area contributed by atoms with Crippen molar-refractivity contribution in [1.29, 1.82) is 0 Å². The largest absolute Gasteiger partial charge is 0.492 e. The minimum absolute atomic E-state index is 0.185. The number of allylic oxidation sites excluding steroid dienone is 3. The van der Waals surface area contributed by atoms with Gasteiger partial charge in [-0.3, -0.25) is 0 Å². The molecule has 154 valence electrons. The molecule has 1 aliphatic carbocycles. The third-order valence-electron chi connectivity index (χ3n) is 5.49. The van der Waals surface area contributed by atoms with Crippen LogP contribution in [0.3, 0.4) is 0 Å². The van der Waals surface area contributed by atoms with Crippen molar-refractivity contribution in [3.05, 3.63) is 108 Å². The number of hydrogen-bond donors (Lipinski definition) is 0. The predicted molar refractivity (Wildman–Crippen MR) is 119 cm³/mol. The highest BCUT2D eigenvalue weighted by molar-refractivity contribution is 5.90. The summed E-state index contributed by atoms with van der Waals surface area (Å²) in [6.45, 7) is 0.624. The molecule has 0 amide bonds. The quantitative estimate of drug-likeness (QED) is 0.372. The summed E-state index contributed by atoms with van der Waals surface area (Å²) in [6, 6.07) is 23.3. The van der Waals surface area contributed by atoms with E-state index < -0.39 is 0 Å². The van der Waals surface area contributed by atoms with E-state index in [9.17, 15) is 4.79 Å². The Kier molecular flexibility index (Phi) is 5.28. The molecule has 2 aliphatic rings. The van der Waals surface area contributed by atoms with Gasteiger partial charge in [-0.05, 0) is 48.7 Å². The van der Waals surface area contributed by atoms with E-state index in [1.54, 1.807) is 12.1 Å². The van der Waals surface area contributed by atoms with Crippen molar-refractivity contribution >= 4 is 5.97 Å². The van der Waals surface area contributed by atoms with Crippen molar-refractivity contribution in [2.24, 2.45) is 0 Å². The van der Waals surface area contributed by atoms with Crippen LogP contribution in [-0.2, 0) is 4.79 Å². The Morgan fingerprint density at radius 3 is 2.58 bits per heavy atom. The number of carbonyl (C=O) groups is 1. The topological polar surface area (TPSA) is 44.8 Å². The molecule has 4 nitrogen and oxygen atoms in total. The van der Waals surface area contributed by atoms with E-state index >= 15 is 0 Å². The molecule has 0 spiro atoms. The molecule has 0 bridgehead atoms. The summed E-state index contributed by atoms with van der Waals surface area (Å²) >= 11 is 0. The van der Waals surface area contributed by atoms with Crippen LogP contribution in [0.2, 0.25) is 0 Å². The third kappa shape index (κ3) is 4.24. The number of esters is 1. The van der Waals surface area contributed by atoms with Crippen LogP contribution in [0.4, 0.5) is 0 Å². The van der Waals surface area contributed by atoms with Crippen molar-refractivity contribution in [2.75, 3.05) is 6.61 Å². The molecule has 4 heteroatoms. The van der Waals surface area contributed by atoms with Gasteiger partial charge >= 0.3 is 5.97 Å². The van der Waals surface area contributed by atoms with E-state index in [2.05, 4.69) is 12.1 Å². The molecule has 1 unspecified atom stereocenters. The van der Waals surface area contributed by atoms with Gasteiger partial charge in [0.25, 0.3) is 0 Å². The summed E-state index contributed by atoms with van der Waals surface area (Å²) in [5.74, 6) is 2.62. The van der Waals surface area contributed by atoms with Crippen molar-refractivity contribution < 1.29 is 19.0 Å². The summed E-state index contributed by atoms with van der Waals surface area (Å²) in [5.41, 5.74) is 3.02. The first kappa shape index (κ1) is 19.2. The lowest BCUT2D eigenvalue weighted by atomic mass is 9.93. The number of para-hydroxylation sites is 1. The van der Waals surface area contributed by atoms with Gasteiger partial charge in [0, 0.05) is 23.1 Å². The lowest BCUT2D eigenvalue weighted by Gasteiger charge is -2.13. The van der Waals surface area contributed by atoms with Crippen molar-refractivity contribution in [1.82, 2.24) is 0 Å². The average Bonchev–Trinajstić information content (AvgIpc) is 3.24. The van der Waals surface area contributed by atoms with Gasteiger partial charge in [0.05, 0.1) is 6.61 Å². The van der Waals surface area contributed by atoms with Gasteiger partial charge in [-0.25, -0.2) is 4.79 Å². The normalized spacial score (nSPS) is 16.8. The van der Waals surface area contributed by atoms with Gasteiger partial charge in [-0.15, -0.1) is 0 Å². The molecule has 1 heterocycles. The highest BCUT2D eigenvalue weighted by Crippen LogP contribution is 2.39. The fraction of sp³-hybridized carbons (Fsp3) is 0.148. The molecule has 31 heavy (non-hydrogen) atoms. The van der Waals surface area contributed by atoms with Crippen molar-refractivity contribution in [3.8, 4) is 23.0 Å². The van der Waals surface area contributed by atoms with Crippen molar-refractivity contribution in [2.45, 2.75) is 18.8 Å². The molecule has 1 atom stereocenters. The monoisotopic (exact) mass is 410 g/mol. The SMILES string of the molecule is O=C(Oc1cccc(Oc2cccc(C3COc4ccccc43)c2)c1)C1=CC=CCC1. The van der Waals surface area contributed by atoms with Crippen LogP contribution in [0.1, 0.15) is 29.9 Å². The average molecular weight is 410 g/mol. The summed E-state index contributed by atoms with van der Waals surface area (Å²) in [4.78, 5) is 12.4. The highest BCUT2D eigenvalue weighted by atomic mass is 16.5. The maximum absolute atomic E-state index is 12.4. The molecule has 0 radical (unpaired) electrons. The third-order valence-corrected chi connectivity index (χ3v) is 5.49. The van der Waals surface area contributed by atoms with Crippen LogP contribution < -0.4 is 14.2 Å². The molecule has 0 N–H and O–H groups in total. The fourth-order valence-corrected chi connectivity index (χ4v) is 3.92. The van der Waals surface area contributed by atoms with E-state index in [-0.39, 0.29) is 11.9 Å². The lowest BCUT2D eigenvalue weighted by Crippen LogP contribution is -2.12. The highest BCUT2D eigenvalue weighted by Gasteiger charge is 2.25. The zero-order valence-corrected chi connectivity index (χ0v) is 17.0. The number of carbonyl (C=O) groups excluding carboxylic acids is 1. The number of hydrogen-bond acceptors (Lipinski definition) is 4. The summed E-state index contributed by atoms with van der Waals surface area (Å²) < 4.78 is 17.4. The van der Waals surface area contributed by atoms with E-state index in [0.29, 0.717) is 30.1 Å². The van der Waals surface area contributed by atoms with E-state index in [1.165, 1.54) is 5.56 Å². The van der Waals surface area contributed by atoms with Gasteiger partial charge < -0.3 is 14.2 Å². The zero-order valence-electron chi connectivity index (χ0n) is 17.0. The van der Waals surface area contributed by atoms with Crippen LogP contribution >= 0.6 is 0 Å². The Labute approximate surface area is 181 Å². The second kappa shape index (κ2) is 8.52. The zero-order chi connectivity index (χ0) is 21.0. The molecular weight excluding hydrogens is 388 g/mol.